The summed E-state index contributed by atoms with van der Waals surface area (Å²) in [5.41, 5.74) is 7.48. The van der Waals surface area contributed by atoms with E-state index in [-0.39, 0.29) is 19.1 Å². The van der Waals surface area contributed by atoms with Crippen LogP contribution in [0.25, 0.3) is 0 Å². The first-order valence-corrected chi connectivity index (χ1v) is 6.39. The van der Waals surface area contributed by atoms with Crippen molar-refractivity contribution in [3.8, 4) is 0 Å². The first kappa shape index (κ1) is 14.1. The van der Waals surface area contributed by atoms with Crippen LogP contribution in [0.5, 0.6) is 0 Å². The van der Waals surface area contributed by atoms with E-state index in [0.717, 1.165) is 0 Å². The number of nitrogen functional groups attached to an aromatic ring is 1. The molecule has 1 aromatic carbocycles. The lowest BCUT2D eigenvalue weighted by atomic mass is 10.1. The number of aryl methyl sites for hydroxylation is 2. The summed E-state index contributed by atoms with van der Waals surface area (Å²) in [6, 6.07) is 8.78. The number of hydrogen-bond donors (Lipinski definition) is 2. The van der Waals surface area contributed by atoms with Gasteiger partial charge in [-0.15, -0.1) is 0 Å². The van der Waals surface area contributed by atoms with Crippen LogP contribution in [0.4, 0.5) is 11.4 Å². The highest BCUT2D eigenvalue weighted by molar-refractivity contribution is 6.08. The predicted octanol–water partition coefficient (Wildman–Crippen LogP) is 2.12. The van der Waals surface area contributed by atoms with E-state index in [0.29, 0.717) is 28.5 Å². The Morgan fingerprint density at radius 2 is 2.05 bits per heavy atom. The van der Waals surface area contributed by atoms with E-state index in [1.54, 1.807) is 44.2 Å². The number of aliphatic hydroxyl groups excluding tert-OH is 1. The summed E-state index contributed by atoms with van der Waals surface area (Å²) in [6.07, 6.45) is 0. The van der Waals surface area contributed by atoms with Crippen LogP contribution in [0.15, 0.2) is 34.7 Å². The van der Waals surface area contributed by atoms with Crippen molar-refractivity contribution in [2.24, 2.45) is 0 Å². The Labute approximate surface area is 117 Å². The highest BCUT2D eigenvalue weighted by Crippen LogP contribution is 2.25. The molecule has 0 saturated carbocycles. The molecule has 20 heavy (non-hydrogen) atoms. The number of furan rings is 1. The molecule has 0 aliphatic heterocycles. The number of hydrogen-bond acceptors (Lipinski definition) is 4. The van der Waals surface area contributed by atoms with Crippen LogP contribution in [0.1, 0.15) is 21.9 Å². The zero-order chi connectivity index (χ0) is 14.7. The summed E-state index contributed by atoms with van der Waals surface area (Å²) in [4.78, 5) is 14.1. The fraction of sp³-hybridized carbons (Fsp3) is 0.267. The van der Waals surface area contributed by atoms with E-state index in [4.69, 9.17) is 10.2 Å². The first-order chi connectivity index (χ1) is 9.54. The van der Waals surface area contributed by atoms with Gasteiger partial charge in [-0.25, -0.2) is 0 Å². The van der Waals surface area contributed by atoms with Gasteiger partial charge in [0.1, 0.15) is 11.5 Å². The van der Waals surface area contributed by atoms with Gasteiger partial charge in [-0.05, 0) is 32.0 Å². The molecule has 0 spiro atoms. The number of aliphatic hydroxyl groups is 1. The standard InChI is InChI=1S/C15H18N2O3/c1-10-9-12(11(2)20-10)15(19)17(7-8-18)14-6-4-3-5-13(14)16/h3-6,9,18H,7-8,16H2,1-2H3. The highest BCUT2D eigenvalue weighted by atomic mass is 16.3. The predicted molar refractivity (Wildman–Crippen MR) is 77.8 cm³/mol. The number of benzene rings is 1. The van der Waals surface area contributed by atoms with Crippen molar-refractivity contribution >= 4 is 17.3 Å². The van der Waals surface area contributed by atoms with E-state index < -0.39 is 0 Å². The van der Waals surface area contributed by atoms with Crippen molar-refractivity contribution in [1.82, 2.24) is 0 Å². The number of carbonyl (C=O) groups is 1. The van der Waals surface area contributed by atoms with Gasteiger partial charge < -0.3 is 20.2 Å². The molecule has 1 aromatic heterocycles. The molecule has 0 fully saturated rings. The van der Waals surface area contributed by atoms with Crippen LogP contribution in [-0.4, -0.2) is 24.2 Å². The summed E-state index contributed by atoms with van der Waals surface area (Å²) in [6.45, 7) is 3.56. The lowest BCUT2D eigenvalue weighted by Gasteiger charge is -2.23. The van der Waals surface area contributed by atoms with Gasteiger partial charge in [-0.2, -0.15) is 0 Å². The van der Waals surface area contributed by atoms with Gasteiger partial charge in [-0.3, -0.25) is 4.79 Å². The van der Waals surface area contributed by atoms with Crippen LogP contribution < -0.4 is 10.6 Å². The minimum Gasteiger partial charge on any atom is -0.466 e. The van der Waals surface area contributed by atoms with E-state index in [1.807, 2.05) is 0 Å². The van der Waals surface area contributed by atoms with E-state index >= 15 is 0 Å². The molecule has 0 saturated heterocycles. The highest BCUT2D eigenvalue weighted by Gasteiger charge is 2.22. The fourth-order valence-corrected chi connectivity index (χ4v) is 2.15. The summed E-state index contributed by atoms with van der Waals surface area (Å²) >= 11 is 0. The average molecular weight is 274 g/mol. The van der Waals surface area contributed by atoms with Gasteiger partial charge in [0, 0.05) is 6.54 Å². The van der Waals surface area contributed by atoms with Crippen molar-refractivity contribution in [3.63, 3.8) is 0 Å². The molecule has 2 rings (SSSR count). The summed E-state index contributed by atoms with van der Waals surface area (Å²) in [5, 5.41) is 9.20. The maximum Gasteiger partial charge on any atom is 0.261 e. The van der Waals surface area contributed by atoms with Crippen LogP contribution in [0, 0.1) is 13.8 Å². The SMILES string of the molecule is Cc1cc(C(=O)N(CCO)c2ccccc2N)c(C)o1. The molecule has 5 nitrogen and oxygen atoms in total. The lowest BCUT2D eigenvalue weighted by Crippen LogP contribution is -2.34. The molecule has 0 unspecified atom stereocenters. The normalized spacial score (nSPS) is 10.6. The van der Waals surface area contributed by atoms with Gasteiger partial charge in [-0.1, -0.05) is 12.1 Å². The molecule has 1 heterocycles. The molecule has 0 atom stereocenters. The van der Waals surface area contributed by atoms with Gasteiger partial charge in [0.15, 0.2) is 0 Å². The summed E-state index contributed by atoms with van der Waals surface area (Å²) in [5.74, 6) is 1.01. The minimum absolute atomic E-state index is 0.143. The molecule has 3 N–H and O–H groups in total. The molecule has 0 bridgehead atoms. The number of carbonyl (C=O) groups excluding carboxylic acids is 1. The molecule has 0 aliphatic rings. The second kappa shape index (κ2) is 5.79. The largest absolute Gasteiger partial charge is 0.466 e. The Kier molecular flexibility index (Phi) is 4.10. The average Bonchev–Trinajstić information content (AvgIpc) is 2.75. The topological polar surface area (TPSA) is 79.7 Å². The van der Waals surface area contributed by atoms with E-state index in [2.05, 4.69) is 0 Å². The van der Waals surface area contributed by atoms with Crippen LogP contribution in [-0.2, 0) is 0 Å². The van der Waals surface area contributed by atoms with Crippen molar-refractivity contribution in [3.05, 3.63) is 47.4 Å². The number of nitrogens with zero attached hydrogens (tertiary/aromatic N) is 1. The monoisotopic (exact) mass is 274 g/mol. The van der Waals surface area contributed by atoms with Crippen LogP contribution in [0.3, 0.4) is 0 Å². The van der Waals surface area contributed by atoms with E-state index in [1.165, 1.54) is 4.90 Å². The molecule has 1 amide bonds. The molecule has 106 valence electrons. The number of nitrogens with two attached hydrogens (primary N) is 1. The third-order valence-corrected chi connectivity index (χ3v) is 3.07. The van der Waals surface area contributed by atoms with Gasteiger partial charge >= 0.3 is 0 Å². The van der Waals surface area contributed by atoms with Crippen molar-refractivity contribution in [1.29, 1.82) is 0 Å². The lowest BCUT2D eigenvalue weighted by molar-refractivity contribution is 0.0979. The van der Waals surface area contributed by atoms with Crippen LogP contribution in [0.2, 0.25) is 0 Å². The third-order valence-electron chi connectivity index (χ3n) is 3.07. The number of anilines is 2. The van der Waals surface area contributed by atoms with Gasteiger partial charge in [0.05, 0.1) is 23.5 Å². The maximum absolute atomic E-state index is 12.6. The summed E-state index contributed by atoms with van der Waals surface area (Å²) in [7, 11) is 0. The zero-order valence-corrected chi connectivity index (χ0v) is 11.6. The molecule has 2 aromatic rings. The van der Waals surface area contributed by atoms with Crippen molar-refractivity contribution < 1.29 is 14.3 Å². The smallest absolute Gasteiger partial charge is 0.261 e. The molecular formula is C15H18N2O3. The Balaban J connectivity index is 2.41. The van der Waals surface area contributed by atoms with E-state index in [9.17, 15) is 9.90 Å². The second-order valence-electron chi connectivity index (χ2n) is 4.57. The van der Waals surface area contributed by atoms with Gasteiger partial charge in [0.2, 0.25) is 0 Å². The zero-order valence-electron chi connectivity index (χ0n) is 11.6. The van der Waals surface area contributed by atoms with Crippen molar-refractivity contribution in [2.45, 2.75) is 13.8 Å². The minimum atomic E-state index is -0.230. The fourth-order valence-electron chi connectivity index (χ4n) is 2.15. The Morgan fingerprint density at radius 1 is 1.35 bits per heavy atom. The number of amides is 1. The van der Waals surface area contributed by atoms with Crippen molar-refractivity contribution in [2.75, 3.05) is 23.8 Å². The first-order valence-electron chi connectivity index (χ1n) is 6.39. The molecule has 0 radical (unpaired) electrons. The Morgan fingerprint density at radius 3 is 2.60 bits per heavy atom. The quantitative estimate of drug-likeness (QED) is 0.837. The summed E-state index contributed by atoms with van der Waals surface area (Å²) < 4.78 is 5.39. The number of rotatable bonds is 4. The maximum atomic E-state index is 12.6. The molecular weight excluding hydrogens is 256 g/mol. The number of para-hydroxylation sites is 2. The Bertz CT molecular complexity index is 619. The van der Waals surface area contributed by atoms with Gasteiger partial charge in [0.25, 0.3) is 5.91 Å². The molecule has 5 heteroatoms. The van der Waals surface area contributed by atoms with Crippen LogP contribution >= 0.6 is 0 Å². The second-order valence-corrected chi connectivity index (χ2v) is 4.57. The Hall–Kier alpha value is -2.27. The molecule has 0 aliphatic carbocycles. The third kappa shape index (κ3) is 2.67.